The van der Waals surface area contributed by atoms with Gasteiger partial charge in [0.05, 0.1) is 11.6 Å². The second-order valence-corrected chi connectivity index (χ2v) is 7.56. The minimum atomic E-state index is -0.850. The number of benzene rings is 1. The number of nitrogens with one attached hydrogen (secondary N) is 2. The molecule has 0 saturated carbocycles. The summed E-state index contributed by atoms with van der Waals surface area (Å²) >= 11 is 0. The van der Waals surface area contributed by atoms with Crippen LogP contribution in [0.1, 0.15) is 33.9 Å². The van der Waals surface area contributed by atoms with E-state index in [0.717, 1.165) is 16.8 Å². The van der Waals surface area contributed by atoms with E-state index in [2.05, 4.69) is 20.6 Å². The maximum Gasteiger partial charge on any atom is 0.258 e. The van der Waals surface area contributed by atoms with Crippen molar-refractivity contribution >= 4 is 23.3 Å². The van der Waals surface area contributed by atoms with Gasteiger partial charge in [-0.25, -0.2) is 4.98 Å². The number of carbonyl (C=O) groups excluding carboxylic acids is 2. The molecule has 2 unspecified atom stereocenters. The third kappa shape index (κ3) is 2.51. The molecule has 2 atom stereocenters. The average molecular weight is 399 g/mol. The Morgan fingerprint density at radius 3 is 2.80 bits per heavy atom. The molecule has 5 rings (SSSR count). The smallest absolute Gasteiger partial charge is 0.258 e. The first-order chi connectivity index (χ1) is 14.7. The molecule has 4 heterocycles. The predicted octanol–water partition coefficient (Wildman–Crippen LogP) is 3.00. The van der Waals surface area contributed by atoms with Crippen LogP contribution in [0, 0.1) is 0 Å². The van der Waals surface area contributed by atoms with Crippen molar-refractivity contribution in [2.75, 3.05) is 24.2 Å². The van der Waals surface area contributed by atoms with Gasteiger partial charge in [0.1, 0.15) is 11.2 Å². The van der Waals surface area contributed by atoms with Gasteiger partial charge in [-0.2, -0.15) is 0 Å². The van der Waals surface area contributed by atoms with Gasteiger partial charge >= 0.3 is 0 Å². The summed E-state index contributed by atoms with van der Waals surface area (Å²) < 4.78 is 0. The van der Waals surface area contributed by atoms with E-state index in [-0.39, 0.29) is 11.8 Å². The van der Waals surface area contributed by atoms with Gasteiger partial charge in [0.25, 0.3) is 5.91 Å². The van der Waals surface area contributed by atoms with Crippen molar-refractivity contribution in [1.29, 1.82) is 0 Å². The monoisotopic (exact) mass is 399 g/mol. The number of amides is 2. The molecule has 7 nitrogen and oxygen atoms in total. The fourth-order valence-corrected chi connectivity index (χ4v) is 4.84. The lowest BCUT2D eigenvalue weighted by Crippen LogP contribution is -2.42. The Labute approximate surface area is 174 Å². The molecule has 2 N–H and O–H groups in total. The second-order valence-electron chi connectivity index (χ2n) is 7.56. The summed E-state index contributed by atoms with van der Waals surface area (Å²) in [6, 6.07) is 14.5. The van der Waals surface area contributed by atoms with Crippen LogP contribution in [-0.2, 0) is 10.2 Å². The van der Waals surface area contributed by atoms with Crippen LogP contribution in [0.2, 0.25) is 0 Å². The first kappa shape index (κ1) is 18.3. The number of pyridine rings is 2. The molecule has 2 aromatic heterocycles. The van der Waals surface area contributed by atoms with E-state index in [4.69, 9.17) is 0 Å². The Morgan fingerprint density at radius 1 is 1.17 bits per heavy atom. The first-order valence-electron chi connectivity index (χ1n) is 9.91. The number of hydrogen-bond acceptors (Lipinski definition) is 5. The SMILES string of the molecule is CNc1ncccc1C(=O)N1CCC2(C(=O)Nc3ccccc32)C1c1cccnc1. The summed E-state index contributed by atoms with van der Waals surface area (Å²) in [6.07, 6.45) is 5.62. The predicted molar refractivity (Wildman–Crippen MR) is 113 cm³/mol. The van der Waals surface area contributed by atoms with E-state index in [1.165, 1.54) is 0 Å². The number of fused-ring (bicyclic) bond motifs is 2. The van der Waals surface area contributed by atoms with Crippen molar-refractivity contribution in [2.24, 2.45) is 0 Å². The van der Waals surface area contributed by atoms with E-state index in [9.17, 15) is 9.59 Å². The van der Waals surface area contributed by atoms with Crippen molar-refractivity contribution in [1.82, 2.24) is 14.9 Å². The minimum Gasteiger partial charge on any atom is -0.372 e. The van der Waals surface area contributed by atoms with Crippen molar-refractivity contribution in [3.8, 4) is 0 Å². The largest absolute Gasteiger partial charge is 0.372 e. The molecule has 30 heavy (non-hydrogen) atoms. The van der Waals surface area contributed by atoms with Crippen LogP contribution in [0.5, 0.6) is 0 Å². The number of para-hydroxylation sites is 1. The molecule has 0 bridgehead atoms. The average Bonchev–Trinajstić information content (AvgIpc) is 3.33. The summed E-state index contributed by atoms with van der Waals surface area (Å²) in [5.74, 6) is 0.285. The van der Waals surface area contributed by atoms with Gasteiger partial charge < -0.3 is 15.5 Å². The molecular formula is C23H21N5O2. The van der Waals surface area contributed by atoms with E-state index in [1.54, 1.807) is 42.7 Å². The maximum absolute atomic E-state index is 13.7. The number of anilines is 2. The molecule has 7 heteroatoms. The Bertz CT molecular complexity index is 1130. The summed E-state index contributed by atoms with van der Waals surface area (Å²) in [6.45, 7) is 0.457. The van der Waals surface area contributed by atoms with Gasteiger partial charge in [0, 0.05) is 37.9 Å². The lowest BCUT2D eigenvalue weighted by Gasteiger charge is -2.34. The van der Waals surface area contributed by atoms with Gasteiger partial charge in [0.15, 0.2) is 0 Å². The van der Waals surface area contributed by atoms with E-state index in [1.807, 2.05) is 36.4 Å². The van der Waals surface area contributed by atoms with Gasteiger partial charge in [-0.1, -0.05) is 24.3 Å². The molecule has 0 aliphatic carbocycles. The van der Waals surface area contributed by atoms with Gasteiger partial charge in [0.2, 0.25) is 5.91 Å². The first-order valence-corrected chi connectivity index (χ1v) is 9.91. The Hall–Kier alpha value is -3.74. The van der Waals surface area contributed by atoms with Crippen molar-refractivity contribution < 1.29 is 9.59 Å². The van der Waals surface area contributed by atoms with Gasteiger partial charge in [-0.3, -0.25) is 14.6 Å². The molecule has 0 radical (unpaired) electrons. The Kier molecular flexibility index (Phi) is 4.24. The standard InChI is InChI=1S/C23H21N5O2/c1-24-20-16(7-5-12-26-20)21(29)28-13-10-23(19(28)15-6-4-11-25-14-15)17-8-2-3-9-18(17)27-22(23)30/h2-9,11-12,14,19H,10,13H2,1H3,(H,24,26)(H,27,30). The van der Waals surface area contributed by atoms with Crippen LogP contribution < -0.4 is 10.6 Å². The number of carbonyl (C=O) groups is 2. The minimum absolute atomic E-state index is 0.0760. The van der Waals surface area contributed by atoms with Crippen molar-refractivity contribution in [3.05, 3.63) is 83.8 Å². The van der Waals surface area contributed by atoms with Crippen molar-refractivity contribution in [3.63, 3.8) is 0 Å². The normalized spacial score (nSPS) is 22.1. The molecule has 2 aliphatic heterocycles. The maximum atomic E-state index is 13.7. The number of rotatable bonds is 3. The number of aromatic nitrogens is 2. The molecular weight excluding hydrogens is 378 g/mol. The number of likely N-dealkylation sites (tertiary alicyclic amines) is 1. The third-order valence-electron chi connectivity index (χ3n) is 6.12. The highest BCUT2D eigenvalue weighted by Gasteiger charge is 2.59. The highest BCUT2D eigenvalue weighted by molar-refractivity contribution is 6.08. The van der Waals surface area contributed by atoms with E-state index < -0.39 is 11.5 Å². The zero-order valence-corrected chi connectivity index (χ0v) is 16.5. The molecule has 1 fully saturated rings. The molecule has 1 saturated heterocycles. The fourth-order valence-electron chi connectivity index (χ4n) is 4.84. The van der Waals surface area contributed by atoms with E-state index >= 15 is 0 Å². The van der Waals surface area contributed by atoms with E-state index in [0.29, 0.717) is 24.3 Å². The lowest BCUT2D eigenvalue weighted by molar-refractivity contribution is -0.121. The zero-order valence-electron chi connectivity index (χ0n) is 16.5. The van der Waals surface area contributed by atoms with Crippen LogP contribution in [-0.4, -0.2) is 40.3 Å². The zero-order chi connectivity index (χ0) is 20.7. The van der Waals surface area contributed by atoms with Crippen molar-refractivity contribution in [2.45, 2.75) is 17.9 Å². The molecule has 3 aromatic rings. The summed E-state index contributed by atoms with van der Waals surface area (Å²) in [5.41, 5.74) is 2.21. The van der Waals surface area contributed by atoms with Crippen LogP contribution in [0.25, 0.3) is 0 Å². The van der Waals surface area contributed by atoms with Gasteiger partial charge in [-0.15, -0.1) is 0 Å². The van der Waals surface area contributed by atoms with Gasteiger partial charge in [-0.05, 0) is 41.8 Å². The van der Waals surface area contributed by atoms with Crippen LogP contribution in [0.15, 0.2) is 67.1 Å². The lowest BCUT2D eigenvalue weighted by atomic mass is 9.73. The summed E-state index contributed by atoms with van der Waals surface area (Å²) in [5, 5.41) is 6.02. The highest BCUT2D eigenvalue weighted by Crippen LogP contribution is 2.54. The summed E-state index contributed by atoms with van der Waals surface area (Å²) in [7, 11) is 1.74. The second kappa shape index (κ2) is 6.95. The Morgan fingerprint density at radius 2 is 2.00 bits per heavy atom. The molecule has 150 valence electrons. The molecule has 1 aromatic carbocycles. The summed E-state index contributed by atoms with van der Waals surface area (Å²) in [4.78, 5) is 37.4. The third-order valence-corrected chi connectivity index (χ3v) is 6.12. The highest BCUT2D eigenvalue weighted by atomic mass is 16.2. The van der Waals surface area contributed by atoms with Crippen LogP contribution >= 0.6 is 0 Å². The number of hydrogen-bond donors (Lipinski definition) is 2. The quantitative estimate of drug-likeness (QED) is 0.707. The molecule has 1 spiro atoms. The fraction of sp³-hybridized carbons (Fsp3) is 0.217. The topological polar surface area (TPSA) is 87.2 Å². The molecule has 2 aliphatic rings. The Balaban J connectivity index is 1.67. The van der Waals surface area contributed by atoms with Crippen LogP contribution in [0.3, 0.4) is 0 Å². The number of nitrogens with zero attached hydrogens (tertiary/aromatic N) is 3. The van der Waals surface area contributed by atoms with Crippen LogP contribution in [0.4, 0.5) is 11.5 Å². The molecule has 2 amide bonds.